The summed E-state index contributed by atoms with van der Waals surface area (Å²) in [7, 11) is 6.77. The molecule has 3 nitrogen and oxygen atoms in total. The van der Waals surface area contributed by atoms with Crippen LogP contribution in [0.5, 0.6) is 0 Å². The lowest BCUT2D eigenvalue weighted by Crippen LogP contribution is -2.12. The molecule has 1 rings (SSSR count). The second kappa shape index (κ2) is 8.29. The number of methoxy groups -OCH3 is 2. The zero-order valence-corrected chi connectivity index (χ0v) is 12.1. The Morgan fingerprint density at radius 1 is 1.28 bits per heavy atom. The molecule has 1 N–H and O–H groups in total. The normalized spacial score (nSPS) is 17.4. The minimum absolute atomic E-state index is 0.105. The summed E-state index contributed by atoms with van der Waals surface area (Å²) in [6.45, 7) is 0. The second-order valence-corrected chi connectivity index (χ2v) is 4.84. The summed E-state index contributed by atoms with van der Waals surface area (Å²) in [5.74, 6) is 0.458. The van der Waals surface area contributed by atoms with Crippen molar-refractivity contribution in [3.63, 3.8) is 0 Å². The van der Waals surface area contributed by atoms with Gasteiger partial charge >= 0.3 is 0 Å². The maximum absolute atomic E-state index is 9.93. The maximum atomic E-state index is 9.93. The van der Waals surface area contributed by atoms with Crippen LogP contribution in [0, 0.1) is 0 Å². The molecule has 0 aromatic carbocycles. The third-order valence-electron chi connectivity index (χ3n) is 3.01. The van der Waals surface area contributed by atoms with Gasteiger partial charge in [-0.3, -0.25) is 0 Å². The first-order chi connectivity index (χ1) is 8.69. The molecule has 0 amide bonds. The van der Waals surface area contributed by atoms with E-state index < -0.39 is 0 Å². The molecule has 99 valence electrons. The molecule has 1 aliphatic rings. The summed E-state index contributed by atoms with van der Waals surface area (Å²) in [5, 5.41) is 10.9. The third-order valence-corrected chi connectivity index (χ3v) is 3.44. The van der Waals surface area contributed by atoms with Crippen molar-refractivity contribution in [2.45, 2.75) is 38.4 Å². The molecule has 0 atom stereocenters. The largest absolute Gasteiger partial charge is 0.512 e. The third kappa shape index (κ3) is 4.80. The Kier molecular flexibility index (Phi) is 7.01. The molecule has 0 saturated carbocycles. The van der Waals surface area contributed by atoms with E-state index in [4.69, 9.17) is 9.47 Å². The predicted molar refractivity (Wildman–Crippen MR) is 73.5 cm³/mol. The standard InChI is InChI=1S/C14H21O3Si/c1-16-14(17-2)10-5-3-4-8-12(15)11-7-6-9-13(11)18/h6-7,9,14-15H,3-5,8,10H2,1-2H3/b12-11-. The lowest BCUT2D eigenvalue weighted by atomic mass is 10.1. The number of ether oxygens (including phenoxy) is 2. The predicted octanol–water partition coefficient (Wildman–Crippen LogP) is 2.99. The highest BCUT2D eigenvalue weighted by Gasteiger charge is 2.08. The molecule has 0 aliphatic heterocycles. The van der Waals surface area contributed by atoms with Crippen LogP contribution in [-0.4, -0.2) is 35.9 Å². The van der Waals surface area contributed by atoms with Crippen molar-refractivity contribution < 1.29 is 14.6 Å². The van der Waals surface area contributed by atoms with Crippen LogP contribution in [0.4, 0.5) is 0 Å². The molecule has 0 fully saturated rings. The number of aliphatic hydroxyl groups excluding tert-OH is 1. The number of rotatable bonds is 8. The first-order valence-corrected chi connectivity index (χ1v) is 6.77. The first-order valence-electron chi connectivity index (χ1n) is 6.27. The van der Waals surface area contributed by atoms with Crippen molar-refractivity contribution in [3.05, 3.63) is 34.8 Å². The van der Waals surface area contributed by atoms with Gasteiger partial charge in [-0.05, 0) is 19.3 Å². The fourth-order valence-corrected chi connectivity index (χ4v) is 2.24. The number of allylic oxidation sites excluding steroid dienone is 6. The van der Waals surface area contributed by atoms with Crippen LogP contribution in [0.25, 0.3) is 0 Å². The van der Waals surface area contributed by atoms with Gasteiger partial charge in [-0.25, -0.2) is 0 Å². The molecule has 0 unspecified atom stereocenters. The average molecular weight is 265 g/mol. The van der Waals surface area contributed by atoms with Crippen molar-refractivity contribution in [2.75, 3.05) is 14.2 Å². The van der Waals surface area contributed by atoms with Gasteiger partial charge in [-0.15, -0.1) is 0 Å². The highest BCUT2D eigenvalue weighted by atomic mass is 28.1. The summed E-state index contributed by atoms with van der Waals surface area (Å²) in [6.07, 6.45) is 10.4. The SMILES string of the molecule is COC(CCCCC/C(O)=C1\C=CC=C1[Si])OC. The van der Waals surface area contributed by atoms with Crippen LogP contribution in [0.15, 0.2) is 34.8 Å². The molecule has 18 heavy (non-hydrogen) atoms. The van der Waals surface area contributed by atoms with E-state index in [1.807, 2.05) is 18.2 Å². The van der Waals surface area contributed by atoms with E-state index in [0.717, 1.165) is 36.5 Å². The molecule has 0 saturated heterocycles. The Morgan fingerprint density at radius 2 is 2.00 bits per heavy atom. The van der Waals surface area contributed by atoms with E-state index in [0.29, 0.717) is 12.2 Å². The van der Waals surface area contributed by atoms with Gasteiger partial charge in [-0.2, -0.15) is 0 Å². The fraction of sp³-hybridized carbons (Fsp3) is 0.571. The lowest BCUT2D eigenvalue weighted by molar-refractivity contribution is -0.107. The zero-order chi connectivity index (χ0) is 13.4. The van der Waals surface area contributed by atoms with E-state index in [9.17, 15) is 5.11 Å². The monoisotopic (exact) mass is 265 g/mol. The molecule has 0 aromatic rings. The van der Waals surface area contributed by atoms with Crippen molar-refractivity contribution in [1.82, 2.24) is 0 Å². The van der Waals surface area contributed by atoms with Gasteiger partial charge in [-0.1, -0.05) is 29.8 Å². The molecule has 4 heteroatoms. The smallest absolute Gasteiger partial charge is 0.156 e. The summed E-state index contributed by atoms with van der Waals surface area (Å²) < 4.78 is 10.2. The van der Waals surface area contributed by atoms with E-state index in [-0.39, 0.29) is 6.29 Å². The van der Waals surface area contributed by atoms with Crippen molar-refractivity contribution in [3.8, 4) is 0 Å². The summed E-state index contributed by atoms with van der Waals surface area (Å²) in [5.41, 5.74) is 0.901. The Balaban J connectivity index is 2.19. The quantitative estimate of drug-likeness (QED) is 0.317. The van der Waals surface area contributed by atoms with Crippen LogP contribution in [0.3, 0.4) is 0 Å². The molecular weight excluding hydrogens is 244 g/mol. The minimum Gasteiger partial charge on any atom is -0.512 e. The molecule has 0 spiro atoms. The summed E-state index contributed by atoms with van der Waals surface area (Å²) in [4.78, 5) is 0. The Bertz CT molecular complexity index is 341. The number of hydrogen-bond acceptors (Lipinski definition) is 3. The van der Waals surface area contributed by atoms with E-state index in [1.165, 1.54) is 0 Å². The average Bonchev–Trinajstić information content (AvgIpc) is 2.80. The van der Waals surface area contributed by atoms with Crippen molar-refractivity contribution >= 4 is 10.2 Å². The van der Waals surface area contributed by atoms with Gasteiger partial charge in [0, 0.05) is 26.2 Å². The van der Waals surface area contributed by atoms with E-state index >= 15 is 0 Å². The molecular formula is C14H21O3Si. The van der Waals surface area contributed by atoms with Crippen molar-refractivity contribution in [2.24, 2.45) is 0 Å². The summed E-state index contributed by atoms with van der Waals surface area (Å²) >= 11 is 0. The molecule has 0 bridgehead atoms. The highest BCUT2D eigenvalue weighted by molar-refractivity contribution is 6.25. The topological polar surface area (TPSA) is 38.7 Å². The van der Waals surface area contributed by atoms with Crippen LogP contribution >= 0.6 is 0 Å². The van der Waals surface area contributed by atoms with Crippen LogP contribution in [0.1, 0.15) is 32.1 Å². The van der Waals surface area contributed by atoms with Crippen molar-refractivity contribution in [1.29, 1.82) is 0 Å². The molecule has 0 heterocycles. The van der Waals surface area contributed by atoms with Crippen LogP contribution in [-0.2, 0) is 9.47 Å². The zero-order valence-electron chi connectivity index (χ0n) is 11.1. The summed E-state index contributed by atoms with van der Waals surface area (Å²) in [6, 6.07) is 0. The van der Waals surface area contributed by atoms with Gasteiger partial charge in [0.2, 0.25) is 0 Å². The van der Waals surface area contributed by atoms with Gasteiger partial charge in [0.1, 0.15) is 0 Å². The van der Waals surface area contributed by atoms with E-state index in [2.05, 4.69) is 10.2 Å². The number of unbranched alkanes of at least 4 members (excludes halogenated alkanes) is 2. The maximum Gasteiger partial charge on any atom is 0.156 e. The van der Waals surface area contributed by atoms with Crippen LogP contribution in [0.2, 0.25) is 0 Å². The minimum atomic E-state index is -0.105. The highest BCUT2D eigenvalue weighted by Crippen LogP contribution is 2.21. The Hall–Kier alpha value is -0.843. The van der Waals surface area contributed by atoms with E-state index in [1.54, 1.807) is 14.2 Å². The number of hydrogen-bond donors (Lipinski definition) is 1. The van der Waals surface area contributed by atoms with Gasteiger partial charge in [0.15, 0.2) is 6.29 Å². The fourth-order valence-electron chi connectivity index (χ4n) is 1.92. The number of aliphatic hydroxyl groups is 1. The molecule has 1 aliphatic carbocycles. The Morgan fingerprint density at radius 3 is 2.56 bits per heavy atom. The lowest BCUT2D eigenvalue weighted by Gasteiger charge is -2.12. The van der Waals surface area contributed by atoms with Crippen LogP contribution < -0.4 is 0 Å². The second-order valence-electron chi connectivity index (χ2n) is 4.30. The van der Waals surface area contributed by atoms with Gasteiger partial charge in [0.25, 0.3) is 0 Å². The Labute approximate surface area is 113 Å². The van der Waals surface area contributed by atoms with Gasteiger partial charge in [0.05, 0.1) is 16.0 Å². The van der Waals surface area contributed by atoms with Gasteiger partial charge < -0.3 is 14.6 Å². The first kappa shape index (κ1) is 15.2. The molecule has 0 aromatic heterocycles. The molecule has 3 radical (unpaired) electrons.